The summed E-state index contributed by atoms with van der Waals surface area (Å²) in [7, 11) is 1.61. The molecule has 1 atom stereocenters. The number of Topliss-reactive ketones (excluding diaryl/α,β-unsaturated/α-hetero) is 1. The van der Waals surface area contributed by atoms with Crippen LogP contribution in [0.25, 0.3) is 0 Å². The molecule has 0 fully saturated rings. The molecule has 0 aromatic heterocycles. The lowest BCUT2D eigenvalue weighted by atomic mass is 9.92. The van der Waals surface area contributed by atoms with Gasteiger partial charge in [0.2, 0.25) is 0 Å². The Balaban J connectivity index is 2.95. The minimum atomic E-state index is -0.301. The molecule has 0 aliphatic carbocycles. The monoisotopic (exact) mass is 248 g/mol. The lowest BCUT2D eigenvalue weighted by molar-refractivity contribution is -0.130. The van der Waals surface area contributed by atoms with Crippen LogP contribution in [0.5, 0.6) is 0 Å². The van der Waals surface area contributed by atoms with Gasteiger partial charge in [0.15, 0.2) is 5.78 Å². The van der Waals surface area contributed by atoms with Crippen LogP contribution in [-0.2, 0) is 16.0 Å². The number of hydrogen-bond acceptors (Lipinski definition) is 2. The van der Waals surface area contributed by atoms with Crippen molar-refractivity contribution >= 4 is 5.78 Å². The molecule has 1 unspecified atom stereocenters. The van der Waals surface area contributed by atoms with Crippen LogP contribution in [0, 0.1) is 26.7 Å². The summed E-state index contributed by atoms with van der Waals surface area (Å²) in [5.41, 5.74) is 4.78. The fourth-order valence-corrected chi connectivity index (χ4v) is 2.54. The molecule has 0 spiro atoms. The molecule has 0 saturated carbocycles. The molecular weight excluding hydrogens is 224 g/mol. The van der Waals surface area contributed by atoms with E-state index in [0.717, 1.165) is 5.56 Å². The Bertz CT molecular complexity index is 410. The molecule has 2 heteroatoms. The maximum atomic E-state index is 12.2. The largest absolute Gasteiger partial charge is 0.373 e. The van der Waals surface area contributed by atoms with E-state index in [1.807, 2.05) is 13.8 Å². The van der Waals surface area contributed by atoms with Crippen molar-refractivity contribution in [2.75, 3.05) is 7.11 Å². The summed E-state index contributed by atoms with van der Waals surface area (Å²) in [4.78, 5) is 12.2. The first-order valence-corrected chi connectivity index (χ1v) is 6.49. The number of benzene rings is 1. The van der Waals surface area contributed by atoms with Crippen molar-refractivity contribution in [3.8, 4) is 0 Å². The van der Waals surface area contributed by atoms with Crippen LogP contribution < -0.4 is 0 Å². The van der Waals surface area contributed by atoms with E-state index in [0.29, 0.717) is 6.42 Å². The van der Waals surface area contributed by atoms with Gasteiger partial charge in [-0.15, -0.1) is 0 Å². The zero-order chi connectivity index (χ0) is 13.9. The number of aryl methyl sites for hydroxylation is 3. The molecule has 0 aliphatic rings. The molecule has 0 radical (unpaired) electrons. The topological polar surface area (TPSA) is 26.3 Å². The van der Waals surface area contributed by atoms with Gasteiger partial charge in [0.25, 0.3) is 0 Å². The van der Waals surface area contributed by atoms with E-state index >= 15 is 0 Å². The molecule has 100 valence electrons. The second-order valence-electron chi connectivity index (χ2n) is 5.42. The molecule has 0 saturated heterocycles. The average molecular weight is 248 g/mol. The SMILES string of the molecule is COC(C(=O)Cc1c(C)cc(C)cc1C)C(C)C. The molecule has 0 aliphatic heterocycles. The quantitative estimate of drug-likeness (QED) is 0.798. The maximum Gasteiger partial charge on any atom is 0.166 e. The third-order valence-electron chi connectivity index (χ3n) is 3.37. The van der Waals surface area contributed by atoms with Crippen molar-refractivity contribution in [1.82, 2.24) is 0 Å². The third-order valence-corrected chi connectivity index (χ3v) is 3.37. The van der Waals surface area contributed by atoms with Crippen molar-refractivity contribution in [2.45, 2.75) is 47.1 Å². The Labute approximate surface area is 110 Å². The second kappa shape index (κ2) is 6.14. The minimum absolute atomic E-state index is 0.169. The summed E-state index contributed by atoms with van der Waals surface area (Å²) < 4.78 is 5.30. The van der Waals surface area contributed by atoms with Crippen LogP contribution in [-0.4, -0.2) is 19.0 Å². The van der Waals surface area contributed by atoms with E-state index in [2.05, 4.69) is 32.9 Å². The summed E-state index contributed by atoms with van der Waals surface area (Å²) in [6.45, 7) is 10.2. The molecule has 0 heterocycles. The highest BCUT2D eigenvalue weighted by atomic mass is 16.5. The van der Waals surface area contributed by atoms with Gasteiger partial charge in [0.1, 0.15) is 6.10 Å². The first-order chi connectivity index (χ1) is 8.36. The summed E-state index contributed by atoms with van der Waals surface area (Å²) in [6, 6.07) is 4.26. The first-order valence-electron chi connectivity index (χ1n) is 6.49. The van der Waals surface area contributed by atoms with E-state index in [4.69, 9.17) is 4.74 Å². The Kier molecular flexibility index (Phi) is 5.09. The zero-order valence-electron chi connectivity index (χ0n) is 12.3. The van der Waals surface area contributed by atoms with E-state index < -0.39 is 0 Å². The Hall–Kier alpha value is -1.15. The lowest BCUT2D eigenvalue weighted by Crippen LogP contribution is -2.30. The van der Waals surface area contributed by atoms with Crippen molar-refractivity contribution in [1.29, 1.82) is 0 Å². The minimum Gasteiger partial charge on any atom is -0.373 e. The fraction of sp³-hybridized carbons (Fsp3) is 0.562. The van der Waals surface area contributed by atoms with E-state index in [1.165, 1.54) is 16.7 Å². The van der Waals surface area contributed by atoms with E-state index in [9.17, 15) is 4.79 Å². The third kappa shape index (κ3) is 3.42. The summed E-state index contributed by atoms with van der Waals surface area (Å²) in [6.07, 6.45) is 0.166. The van der Waals surface area contributed by atoms with Crippen molar-refractivity contribution in [3.63, 3.8) is 0 Å². The van der Waals surface area contributed by atoms with Gasteiger partial charge in [-0.3, -0.25) is 4.79 Å². The molecular formula is C16H24O2. The molecule has 18 heavy (non-hydrogen) atoms. The zero-order valence-corrected chi connectivity index (χ0v) is 12.3. The number of hydrogen-bond donors (Lipinski definition) is 0. The number of carbonyl (C=O) groups is 1. The van der Waals surface area contributed by atoms with Crippen LogP contribution in [0.4, 0.5) is 0 Å². The normalized spacial score (nSPS) is 12.8. The predicted octanol–water partition coefficient (Wildman–Crippen LogP) is 3.39. The van der Waals surface area contributed by atoms with Crippen LogP contribution >= 0.6 is 0 Å². The van der Waals surface area contributed by atoms with Gasteiger partial charge in [-0.05, 0) is 43.4 Å². The van der Waals surface area contributed by atoms with E-state index in [-0.39, 0.29) is 17.8 Å². The average Bonchev–Trinajstić information content (AvgIpc) is 2.23. The van der Waals surface area contributed by atoms with Gasteiger partial charge >= 0.3 is 0 Å². The number of rotatable bonds is 5. The Morgan fingerprint density at radius 2 is 1.67 bits per heavy atom. The number of ketones is 1. The molecule has 0 N–H and O–H groups in total. The molecule has 1 aromatic rings. The van der Waals surface area contributed by atoms with E-state index in [1.54, 1.807) is 7.11 Å². The number of carbonyl (C=O) groups excluding carboxylic acids is 1. The number of methoxy groups -OCH3 is 1. The van der Waals surface area contributed by atoms with Gasteiger partial charge in [-0.1, -0.05) is 31.5 Å². The smallest absolute Gasteiger partial charge is 0.166 e. The van der Waals surface area contributed by atoms with Gasteiger partial charge in [-0.2, -0.15) is 0 Å². The number of ether oxygens (including phenoxy) is 1. The summed E-state index contributed by atoms with van der Waals surface area (Å²) >= 11 is 0. The lowest BCUT2D eigenvalue weighted by Gasteiger charge is -2.19. The Morgan fingerprint density at radius 1 is 1.17 bits per heavy atom. The first kappa shape index (κ1) is 14.9. The molecule has 2 nitrogen and oxygen atoms in total. The van der Waals surface area contributed by atoms with Gasteiger partial charge in [0, 0.05) is 13.5 Å². The van der Waals surface area contributed by atoms with Crippen molar-refractivity contribution < 1.29 is 9.53 Å². The highest BCUT2D eigenvalue weighted by molar-refractivity contribution is 5.86. The standard InChI is InChI=1S/C16H24O2/c1-10(2)16(18-6)15(17)9-14-12(4)7-11(3)8-13(14)5/h7-8,10,16H,9H2,1-6H3. The Morgan fingerprint density at radius 3 is 2.06 bits per heavy atom. The molecule has 1 rings (SSSR count). The summed E-state index contributed by atoms with van der Waals surface area (Å²) in [5, 5.41) is 0. The van der Waals surface area contributed by atoms with Crippen LogP contribution in [0.15, 0.2) is 12.1 Å². The molecule has 0 amide bonds. The van der Waals surface area contributed by atoms with Crippen LogP contribution in [0.2, 0.25) is 0 Å². The van der Waals surface area contributed by atoms with Crippen molar-refractivity contribution in [2.24, 2.45) is 5.92 Å². The van der Waals surface area contributed by atoms with Gasteiger partial charge in [0.05, 0.1) is 0 Å². The predicted molar refractivity (Wildman–Crippen MR) is 75.0 cm³/mol. The van der Waals surface area contributed by atoms with Gasteiger partial charge in [-0.25, -0.2) is 0 Å². The second-order valence-corrected chi connectivity index (χ2v) is 5.42. The van der Waals surface area contributed by atoms with Gasteiger partial charge < -0.3 is 4.74 Å². The maximum absolute atomic E-state index is 12.2. The van der Waals surface area contributed by atoms with Crippen LogP contribution in [0.3, 0.4) is 0 Å². The highest BCUT2D eigenvalue weighted by Crippen LogP contribution is 2.19. The molecule has 1 aromatic carbocycles. The van der Waals surface area contributed by atoms with Crippen LogP contribution in [0.1, 0.15) is 36.1 Å². The highest BCUT2D eigenvalue weighted by Gasteiger charge is 2.22. The van der Waals surface area contributed by atoms with Crippen molar-refractivity contribution in [3.05, 3.63) is 34.4 Å². The fourth-order valence-electron chi connectivity index (χ4n) is 2.54. The summed E-state index contributed by atoms with van der Waals surface area (Å²) in [5.74, 6) is 0.385. The molecule has 0 bridgehead atoms.